The van der Waals surface area contributed by atoms with Gasteiger partial charge in [0.1, 0.15) is 6.54 Å². The predicted octanol–water partition coefficient (Wildman–Crippen LogP) is -0.702. The van der Waals surface area contributed by atoms with Gasteiger partial charge >= 0.3 is 12.0 Å². The van der Waals surface area contributed by atoms with Gasteiger partial charge in [0.25, 0.3) is 5.91 Å². The smallest absolute Gasteiger partial charge is 0.325 e. The maximum atomic E-state index is 11.6. The number of hydrogen-bond donors (Lipinski definition) is 3. The normalized spacial score (nSPS) is 16.2. The van der Waals surface area contributed by atoms with Crippen molar-refractivity contribution in [3.63, 3.8) is 0 Å². The zero-order valence-electron chi connectivity index (χ0n) is 10.6. The Kier molecular flexibility index (Phi) is 5.28. The third kappa shape index (κ3) is 4.94. The molecule has 8 heteroatoms. The van der Waals surface area contributed by atoms with Gasteiger partial charge in [-0.05, 0) is 19.8 Å². The molecule has 19 heavy (non-hydrogen) atoms. The van der Waals surface area contributed by atoms with Crippen molar-refractivity contribution in [1.29, 1.82) is 0 Å². The van der Waals surface area contributed by atoms with Gasteiger partial charge in [-0.2, -0.15) is 0 Å². The molecule has 106 valence electrons. The Labute approximate surface area is 110 Å². The summed E-state index contributed by atoms with van der Waals surface area (Å²) in [6.45, 7) is 1.35. The number of aliphatic carboxylic acids is 1. The van der Waals surface area contributed by atoms with Crippen molar-refractivity contribution in [2.75, 3.05) is 13.1 Å². The van der Waals surface area contributed by atoms with E-state index in [1.165, 1.54) is 0 Å². The number of hydrogen-bond acceptors (Lipinski definition) is 4. The maximum Gasteiger partial charge on any atom is 0.325 e. The summed E-state index contributed by atoms with van der Waals surface area (Å²) in [4.78, 5) is 45.2. The Bertz CT molecular complexity index is 380. The third-order valence-corrected chi connectivity index (χ3v) is 2.67. The molecule has 0 aromatic heterocycles. The molecule has 0 saturated carbocycles. The number of carbonyl (C=O) groups is 4. The van der Waals surface area contributed by atoms with Crippen LogP contribution < -0.4 is 10.6 Å². The average Bonchev–Trinajstić information content (AvgIpc) is 2.60. The highest BCUT2D eigenvalue weighted by atomic mass is 16.4. The van der Waals surface area contributed by atoms with Crippen molar-refractivity contribution in [3.8, 4) is 0 Å². The summed E-state index contributed by atoms with van der Waals surface area (Å²) in [5.74, 6) is -1.75. The fraction of sp³-hybridized carbons (Fsp3) is 0.636. The SMILES string of the molecule is CC(CCCC(=O)O)NC(=O)CN1C(=O)CNC1=O. The first-order valence-electron chi connectivity index (χ1n) is 5.99. The van der Waals surface area contributed by atoms with Crippen LogP contribution in [-0.2, 0) is 14.4 Å². The van der Waals surface area contributed by atoms with Gasteiger partial charge in [-0.15, -0.1) is 0 Å². The van der Waals surface area contributed by atoms with Crippen LogP contribution in [0.4, 0.5) is 4.79 Å². The second kappa shape index (κ2) is 6.72. The summed E-state index contributed by atoms with van der Waals surface area (Å²) in [7, 11) is 0. The molecule has 0 aromatic carbocycles. The van der Waals surface area contributed by atoms with Gasteiger partial charge in [0, 0.05) is 12.5 Å². The number of imide groups is 1. The van der Waals surface area contributed by atoms with Gasteiger partial charge in [-0.3, -0.25) is 19.3 Å². The summed E-state index contributed by atoms with van der Waals surface area (Å²) < 4.78 is 0. The van der Waals surface area contributed by atoms with E-state index in [1.807, 2.05) is 0 Å². The summed E-state index contributed by atoms with van der Waals surface area (Å²) >= 11 is 0. The van der Waals surface area contributed by atoms with Gasteiger partial charge in [0.15, 0.2) is 0 Å². The molecule has 1 aliphatic heterocycles. The number of nitrogens with one attached hydrogen (secondary N) is 2. The molecule has 1 fully saturated rings. The van der Waals surface area contributed by atoms with E-state index in [2.05, 4.69) is 10.6 Å². The lowest BCUT2D eigenvalue weighted by molar-refractivity contribution is -0.137. The lowest BCUT2D eigenvalue weighted by Crippen LogP contribution is -2.43. The summed E-state index contributed by atoms with van der Waals surface area (Å²) in [6.07, 6.45) is 1.03. The zero-order chi connectivity index (χ0) is 14.4. The van der Waals surface area contributed by atoms with Gasteiger partial charge in [-0.25, -0.2) is 4.79 Å². The van der Waals surface area contributed by atoms with Crippen LogP contribution in [0.1, 0.15) is 26.2 Å². The Morgan fingerprint density at radius 2 is 2.16 bits per heavy atom. The molecule has 1 atom stereocenters. The van der Waals surface area contributed by atoms with Gasteiger partial charge in [0.2, 0.25) is 5.91 Å². The molecule has 1 unspecified atom stereocenters. The first kappa shape index (κ1) is 14.9. The molecule has 3 N–H and O–H groups in total. The van der Waals surface area contributed by atoms with Crippen LogP contribution in [0.25, 0.3) is 0 Å². The van der Waals surface area contributed by atoms with Crippen molar-refractivity contribution in [3.05, 3.63) is 0 Å². The Morgan fingerprint density at radius 1 is 1.47 bits per heavy atom. The third-order valence-electron chi connectivity index (χ3n) is 2.67. The van der Waals surface area contributed by atoms with E-state index in [4.69, 9.17) is 5.11 Å². The molecule has 0 radical (unpaired) electrons. The highest BCUT2D eigenvalue weighted by Gasteiger charge is 2.30. The molecule has 0 spiro atoms. The fourth-order valence-electron chi connectivity index (χ4n) is 1.71. The monoisotopic (exact) mass is 271 g/mol. The van der Waals surface area contributed by atoms with Crippen LogP contribution in [0.15, 0.2) is 0 Å². The molecule has 1 saturated heterocycles. The van der Waals surface area contributed by atoms with Crippen LogP contribution in [0.3, 0.4) is 0 Å². The largest absolute Gasteiger partial charge is 0.481 e. The molecule has 1 rings (SSSR count). The highest BCUT2D eigenvalue weighted by molar-refractivity contribution is 6.04. The van der Waals surface area contributed by atoms with Crippen LogP contribution in [0.2, 0.25) is 0 Å². The van der Waals surface area contributed by atoms with Gasteiger partial charge in [0.05, 0.1) is 6.54 Å². The zero-order valence-corrected chi connectivity index (χ0v) is 10.6. The minimum Gasteiger partial charge on any atom is -0.481 e. The van der Waals surface area contributed by atoms with E-state index in [1.54, 1.807) is 6.92 Å². The van der Waals surface area contributed by atoms with Crippen molar-refractivity contribution in [1.82, 2.24) is 15.5 Å². The average molecular weight is 271 g/mol. The van der Waals surface area contributed by atoms with Crippen LogP contribution in [-0.4, -0.2) is 53.0 Å². The van der Waals surface area contributed by atoms with Gasteiger partial charge in [-0.1, -0.05) is 0 Å². The number of urea groups is 1. The molecule has 0 bridgehead atoms. The number of carbonyl (C=O) groups excluding carboxylic acids is 3. The summed E-state index contributed by atoms with van der Waals surface area (Å²) in [6, 6.07) is -0.772. The quantitative estimate of drug-likeness (QED) is 0.529. The second-order valence-corrected chi connectivity index (χ2v) is 4.39. The van der Waals surface area contributed by atoms with Crippen molar-refractivity contribution in [2.24, 2.45) is 0 Å². The maximum absolute atomic E-state index is 11.6. The highest BCUT2D eigenvalue weighted by Crippen LogP contribution is 2.02. The lowest BCUT2D eigenvalue weighted by atomic mass is 10.1. The standard InChI is InChI=1S/C11H17N3O5/c1-7(3-2-4-10(17)18)13-8(15)6-14-9(16)5-12-11(14)19/h7H,2-6H2,1H3,(H,12,19)(H,13,15)(H,17,18). The van der Waals surface area contributed by atoms with Crippen LogP contribution >= 0.6 is 0 Å². The van der Waals surface area contributed by atoms with Crippen molar-refractivity contribution < 1.29 is 24.3 Å². The summed E-state index contributed by atoms with van der Waals surface area (Å²) in [5, 5.41) is 13.4. The van der Waals surface area contributed by atoms with Crippen LogP contribution in [0, 0.1) is 0 Å². The number of amides is 4. The van der Waals surface area contributed by atoms with E-state index in [-0.39, 0.29) is 25.6 Å². The Morgan fingerprint density at radius 3 is 2.68 bits per heavy atom. The van der Waals surface area contributed by atoms with E-state index in [9.17, 15) is 19.2 Å². The molecule has 8 nitrogen and oxygen atoms in total. The van der Waals surface area contributed by atoms with Crippen LogP contribution in [0.5, 0.6) is 0 Å². The number of carboxylic acid groups (broad SMARTS) is 1. The van der Waals surface area contributed by atoms with Gasteiger partial charge < -0.3 is 15.7 Å². The number of nitrogens with zero attached hydrogens (tertiary/aromatic N) is 1. The van der Waals surface area contributed by atoms with E-state index in [0.29, 0.717) is 12.8 Å². The van der Waals surface area contributed by atoms with E-state index in [0.717, 1.165) is 4.90 Å². The molecule has 1 aliphatic rings. The predicted molar refractivity (Wildman–Crippen MR) is 64.2 cm³/mol. The molecule has 1 heterocycles. The van der Waals surface area contributed by atoms with Crippen molar-refractivity contribution in [2.45, 2.75) is 32.2 Å². The van der Waals surface area contributed by atoms with E-state index >= 15 is 0 Å². The topological polar surface area (TPSA) is 116 Å². The van der Waals surface area contributed by atoms with E-state index < -0.39 is 23.8 Å². The van der Waals surface area contributed by atoms with Crippen molar-refractivity contribution >= 4 is 23.8 Å². The Balaban J connectivity index is 2.28. The molecule has 4 amide bonds. The minimum atomic E-state index is -0.877. The molecule has 0 aliphatic carbocycles. The molecular weight excluding hydrogens is 254 g/mol. The first-order chi connectivity index (χ1) is 8.90. The molecule has 0 aromatic rings. The fourth-order valence-corrected chi connectivity index (χ4v) is 1.71. The summed E-state index contributed by atoms with van der Waals surface area (Å²) in [5.41, 5.74) is 0. The second-order valence-electron chi connectivity index (χ2n) is 4.39. The number of carboxylic acids is 1. The first-order valence-corrected chi connectivity index (χ1v) is 5.99. The minimum absolute atomic E-state index is 0.0488. The molecular formula is C11H17N3O5. The lowest BCUT2D eigenvalue weighted by Gasteiger charge is -2.16. The number of rotatable bonds is 7. The Hall–Kier alpha value is -2.12.